The molecule has 0 saturated heterocycles. The maximum atomic E-state index is 4.54. The van der Waals surface area contributed by atoms with E-state index >= 15 is 0 Å². The molecule has 1 aromatic heterocycles. The Labute approximate surface area is 99.2 Å². The lowest BCUT2D eigenvalue weighted by molar-refractivity contribution is 0.340. The second-order valence-corrected chi connectivity index (χ2v) is 5.92. The van der Waals surface area contributed by atoms with E-state index < -0.39 is 0 Å². The van der Waals surface area contributed by atoms with Gasteiger partial charge in [-0.3, -0.25) is 4.68 Å². The van der Waals surface area contributed by atoms with Gasteiger partial charge in [-0.2, -0.15) is 5.10 Å². The van der Waals surface area contributed by atoms with Gasteiger partial charge in [0, 0.05) is 25.3 Å². The van der Waals surface area contributed by atoms with Crippen molar-refractivity contribution in [3.63, 3.8) is 0 Å². The number of rotatable bonds is 5. The van der Waals surface area contributed by atoms with E-state index in [4.69, 9.17) is 0 Å². The van der Waals surface area contributed by atoms with E-state index in [1.807, 2.05) is 4.68 Å². The molecule has 92 valence electrons. The Morgan fingerprint density at radius 3 is 2.62 bits per heavy atom. The van der Waals surface area contributed by atoms with Crippen molar-refractivity contribution in [3.8, 4) is 0 Å². The number of aromatic nitrogens is 2. The molecule has 0 aliphatic heterocycles. The third-order valence-electron chi connectivity index (χ3n) is 2.48. The molecule has 1 rings (SSSR count). The lowest BCUT2D eigenvalue weighted by Gasteiger charge is -2.17. The van der Waals surface area contributed by atoms with Crippen molar-refractivity contribution < 1.29 is 0 Å². The third-order valence-corrected chi connectivity index (χ3v) is 2.48. The first kappa shape index (κ1) is 13.2. The molecule has 0 aromatic carbocycles. The van der Waals surface area contributed by atoms with Crippen LogP contribution in [0, 0.1) is 5.41 Å². The Hall–Kier alpha value is -0.830. The second-order valence-electron chi connectivity index (χ2n) is 5.92. The van der Waals surface area contributed by atoms with Crippen LogP contribution < -0.4 is 5.32 Å². The summed E-state index contributed by atoms with van der Waals surface area (Å²) >= 11 is 0. The highest BCUT2D eigenvalue weighted by Gasteiger charge is 2.10. The zero-order chi connectivity index (χ0) is 12.2. The molecule has 0 saturated carbocycles. The van der Waals surface area contributed by atoms with E-state index in [2.05, 4.69) is 57.3 Å². The molecule has 0 fully saturated rings. The van der Waals surface area contributed by atoms with Crippen LogP contribution in [0.15, 0.2) is 12.3 Å². The quantitative estimate of drug-likeness (QED) is 0.832. The summed E-state index contributed by atoms with van der Waals surface area (Å²) < 4.78 is 2.04. The van der Waals surface area contributed by atoms with Gasteiger partial charge in [-0.1, -0.05) is 34.6 Å². The first-order chi connectivity index (χ1) is 7.37. The van der Waals surface area contributed by atoms with Gasteiger partial charge >= 0.3 is 0 Å². The Morgan fingerprint density at radius 2 is 2.06 bits per heavy atom. The molecule has 3 heteroatoms. The predicted octanol–water partition coefficient (Wildman–Crippen LogP) is 2.82. The number of nitrogens with one attached hydrogen (secondary N) is 1. The first-order valence-corrected chi connectivity index (χ1v) is 6.12. The molecule has 0 spiro atoms. The SMILES string of the molecule is CC(C)NCc1ccn(CCC(C)(C)C)n1. The minimum atomic E-state index is 0.377. The fraction of sp³-hybridized carbons (Fsp3) is 0.769. The third kappa shape index (κ3) is 5.31. The Morgan fingerprint density at radius 1 is 1.38 bits per heavy atom. The van der Waals surface area contributed by atoms with E-state index in [0.717, 1.165) is 25.2 Å². The van der Waals surface area contributed by atoms with Crippen LogP contribution in [0.2, 0.25) is 0 Å². The maximum absolute atomic E-state index is 4.54. The van der Waals surface area contributed by atoms with Gasteiger partial charge in [0.05, 0.1) is 5.69 Å². The summed E-state index contributed by atoms with van der Waals surface area (Å²) in [5.74, 6) is 0. The fourth-order valence-electron chi connectivity index (χ4n) is 1.38. The van der Waals surface area contributed by atoms with Crippen LogP contribution in [0.25, 0.3) is 0 Å². The molecule has 0 radical (unpaired) electrons. The molecule has 0 aliphatic rings. The lowest BCUT2D eigenvalue weighted by Crippen LogP contribution is -2.22. The molecule has 0 atom stereocenters. The number of nitrogens with zero attached hydrogens (tertiary/aromatic N) is 2. The summed E-state index contributed by atoms with van der Waals surface area (Å²) in [6, 6.07) is 2.61. The molecule has 0 bridgehead atoms. The molecule has 0 aliphatic carbocycles. The highest BCUT2D eigenvalue weighted by molar-refractivity contribution is 4.98. The molecular weight excluding hydrogens is 198 g/mol. The van der Waals surface area contributed by atoms with Gasteiger partial charge < -0.3 is 5.32 Å². The van der Waals surface area contributed by atoms with Crippen molar-refractivity contribution in [3.05, 3.63) is 18.0 Å². The summed E-state index contributed by atoms with van der Waals surface area (Å²) in [7, 11) is 0. The van der Waals surface area contributed by atoms with Gasteiger partial charge in [0.25, 0.3) is 0 Å². The summed E-state index contributed by atoms with van der Waals surface area (Å²) in [5, 5.41) is 7.91. The van der Waals surface area contributed by atoms with Gasteiger partial charge in [-0.25, -0.2) is 0 Å². The van der Waals surface area contributed by atoms with E-state index in [9.17, 15) is 0 Å². The molecular formula is C13H25N3. The molecule has 1 aromatic rings. The standard InChI is InChI=1S/C13H25N3/c1-11(2)14-10-12-6-8-16(15-12)9-7-13(3,4)5/h6,8,11,14H,7,9-10H2,1-5H3. The van der Waals surface area contributed by atoms with Gasteiger partial charge in [-0.05, 0) is 17.9 Å². The van der Waals surface area contributed by atoms with E-state index in [1.165, 1.54) is 0 Å². The second kappa shape index (κ2) is 5.48. The minimum absolute atomic E-state index is 0.377. The molecule has 16 heavy (non-hydrogen) atoms. The summed E-state index contributed by atoms with van der Waals surface area (Å²) in [6.07, 6.45) is 3.23. The van der Waals surface area contributed by atoms with Crippen molar-refractivity contribution in [2.75, 3.05) is 0 Å². The van der Waals surface area contributed by atoms with Crippen LogP contribution in [0.5, 0.6) is 0 Å². The first-order valence-electron chi connectivity index (χ1n) is 6.12. The van der Waals surface area contributed by atoms with Crippen molar-refractivity contribution >= 4 is 0 Å². The largest absolute Gasteiger partial charge is 0.309 e. The van der Waals surface area contributed by atoms with Gasteiger partial charge in [0.1, 0.15) is 0 Å². The van der Waals surface area contributed by atoms with Gasteiger partial charge in [0.2, 0.25) is 0 Å². The van der Waals surface area contributed by atoms with Crippen LogP contribution in [0.4, 0.5) is 0 Å². The van der Waals surface area contributed by atoms with Gasteiger partial charge in [0.15, 0.2) is 0 Å². The monoisotopic (exact) mass is 223 g/mol. The number of aryl methyl sites for hydroxylation is 1. The van der Waals surface area contributed by atoms with Crippen LogP contribution in [-0.2, 0) is 13.1 Å². The number of hydrogen-bond donors (Lipinski definition) is 1. The summed E-state index contributed by atoms with van der Waals surface area (Å²) in [4.78, 5) is 0. The predicted molar refractivity (Wildman–Crippen MR) is 68.3 cm³/mol. The summed E-state index contributed by atoms with van der Waals surface area (Å²) in [5.41, 5.74) is 1.50. The fourth-order valence-corrected chi connectivity index (χ4v) is 1.38. The van der Waals surface area contributed by atoms with Crippen LogP contribution >= 0.6 is 0 Å². The average Bonchev–Trinajstić information content (AvgIpc) is 2.58. The molecule has 0 unspecified atom stereocenters. The van der Waals surface area contributed by atoms with Crippen molar-refractivity contribution in [2.45, 2.75) is 60.2 Å². The Kier molecular flexibility index (Phi) is 4.54. The highest BCUT2D eigenvalue weighted by atomic mass is 15.3. The van der Waals surface area contributed by atoms with Crippen LogP contribution in [0.3, 0.4) is 0 Å². The van der Waals surface area contributed by atoms with E-state index in [1.54, 1.807) is 0 Å². The molecule has 0 amide bonds. The maximum Gasteiger partial charge on any atom is 0.0762 e. The minimum Gasteiger partial charge on any atom is -0.309 e. The number of hydrogen-bond acceptors (Lipinski definition) is 2. The highest BCUT2D eigenvalue weighted by Crippen LogP contribution is 2.19. The smallest absolute Gasteiger partial charge is 0.0762 e. The van der Waals surface area contributed by atoms with E-state index in [-0.39, 0.29) is 0 Å². The zero-order valence-electron chi connectivity index (χ0n) is 11.2. The van der Waals surface area contributed by atoms with Crippen LogP contribution in [0.1, 0.15) is 46.7 Å². The zero-order valence-corrected chi connectivity index (χ0v) is 11.2. The van der Waals surface area contributed by atoms with Crippen molar-refractivity contribution in [2.24, 2.45) is 5.41 Å². The average molecular weight is 223 g/mol. The molecule has 1 heterocycles. The Bertz CT molecular complexity index is 307. The van der Waals surface area contributed by atoms with Crippen LogP contribution in [-0.4, -0.2) is 15.8 Å². The van der Waals surface area contributed by atoms with E-state index in [0.29, 0.717) is 11.5 Å². The molecule has 1 N–H and O–H groups in total. The topological polar surface area (TPSA) is 29.9 Å². The summed E-state index contributed by atoms with van der Waals surface area (Å²) in [6.45, 7) is 13.0. The van der Waals surface area contributed by atoms with Crippen molar-refractivity contribution in [1.29, 1.82) is 0 Å². The lowest BCUT2D eigenvalue weighted by atomic mass is 9.92. The molecule has 3 nitrogen and oxygen atoms in total. The van der Waals surface area contributed by atoms with Gasteiger partial charge in [-0.15, -0.1) is 0 Å². The Balaban J connectivity index is 2.39. The van der Waals surface area contributed by atoms with Crippen molar-refractivity contribution in [1.82, 2.24) is 15.1 Å². The normalized spacial score (nSPS) is 12.4.